The van der Waals surface area contributed by atoms with Crippen LogP contribution < -0.4 is 5.73 Å². The van der Waals surface area contributed by atoms with E-state index >= 15 is 0 Å². The molecule has 1 rings (SSSR count). The van der Waals surface area contributed by atoms with Crippen LogP contribution in [0.3, 0.4) is 0 Å². The molecule has 5 N–H and O–H groups in total. The molecule has 1 aromatic carbocycles. The van der Waals surface area contributed by atoms with Gasteiger partial charge in [0.05, 0.1) is 19.3 Å². The van der Waals surface area contributed by atoms with Gasteiger partial charge in [-0.05, 0) is 24.1 Å². The number of phenols is 1. The van der Waals surface area contributed by atoms with Gasteiger partial charge in [-0.1, -0.05) is 12.1 Å². The van der Waals surface area contributed by atoms with Crippen LogP contribution >= 0.6 is 0 Å². The number of benzene rings is 1. The molecule has 1 unspecified atom stereocenters. The SMILES string of the molecule is NC(Cc1ccc(O)cc1)C(=O)N(CCO)CCO. The van der Waals surface area contributed by atoms with Crippen molar-refractivity contribution in [3.05, 3.63) is 29.8 Å². The molecular formula is C13H20N2O4. The predicted molar refractivity (Wildman–Crippen MR) is 70.5 cm³/mol. The molecule has 6 nitrogen and oxygen atoms in total. The zero-order valence-corrected chi connectivity index (χ0v) is 10.7. The van der Waals surface area contributed by atoms with E-state index < -0.39 is 6.04 Å². The van der Waals surface area contributed by atoms with Gasteiger partial charge in [0.15, 0.2) is 0 Å². The van der Waals surface area contributed by atoms with Crippen molar-refractivity contribution in [2.75, 3.05) is 26.3 Å². The topological polar surface area (TPSA) is 107 Å². The van der Waals surface area contributed by atoms with Gasteiger partial charge in [0, 0.05) is 13.1 Å². The van der Waals surface area contributed by atoms with Crippen molar-refractivity contribution in [3.63, 3.8) is 0 Å². The minimum atomic E-state index is -0.734. The number of phenolic OH excluding ortho intramolecular Hbond substituents is 1. The zero-order chi connectivity index (χ0) is 14.3. The zero-order valence-electron chi connectivity index (χ0n) is 10.7. The van der Waals surface area contributed by atoms with Crippen LogP contribution in [0.25, 0.3) is 0 Å². The molecular weight excluding hydrogens is 248 g/mol. The fraction of sp³-hybridized carbons (Fsp3) is 0.462. The molecule has 0 aromatic heterocycles. The van der Waals surface area contributed by atoms with E-state index in [2.05, 4.69) is 0 Å². The third-order valence-corrected chi connectivity index (χ3v) is 2.76. The molecule has 0 aliphatic heterocycles. The van der Waals surface area contributed by atoms with E-state index in [0.717, 1.165) is 5.56 Å². The quantitative estimate of drug-likeness (QED) is 0.511. The van der Waals surface area contributed by atoms with E-state index in [1.807, 2.05) is 0 Å². The molecule has 0 saturated carbocycles. The Labute approximate surface area is 112 Å². The van der Waals surface area contributed by atoms with Gasteiger partial charge < -0.3 is 26.0 Å². The molecule has 0 aliphatic rings. The summed E-state index contributed by atoms with van der Waals surface area (Å²) in [7, 11) is 0. The van der Waals surface area contributed by atoms with Crippen LogP contribution in [0.1, 0.15) is 5.56 Å². The number of amides is 1. The molecule has 0 saturated heterocycles. The Balaban J connectivity index is 2.62. The molecule has 19 heavy (non-hydrogen) atoms. The maximum atomic E-state index is 12.0. The van der Waals surface area contributed by atoms with E-state index in [9.17, 15) is 4.79 Å². The fourth-order valence-corrected chi connectivity index (χ4v) is 1.78. The first-order chi connectivity index (χ1) is 9.08. The number of nitrogens with zero attached hydrogens (tertiary/aromatic N) is 1. The van der Waals surface area contributed by atoms with Crippen molar-refractivity contribution in [1.29, 1.82) is 0 Å². The highest BCUT2D eigenvalue weighted by Crippen LogP contribution is 2.11. The summed E-state index contributed by atoms with van der Waals surface area (Å²) in [5.41, 5.74) is 6.67. The van der Waals surface area contributed by atoms with E-state index in [1.165, 1.54) is 17.0 Å². The molecule has 106 valence electrons. The van der Waals surface area contributed by atoms with Gasteiger partial charge in [-0.25, -0.2) is 0 Å². The Morgan fingerprint density at radius 2 is 1.68 bits per heavy atom. The van der Waals surface area contributed by atoms with Gasteiger partial charge in [-0.15, -0.1) is 0 Å². The van der Waals surface area contributed by atoms with Crippen LogP contribution in [0, 0.1) is 0 Å². The highest BCUT2D eigenvalue weighted by Gasteiger charge is 2.20. The van der Waals surface area contributed by atoms with Crippen molar-refractivity contribution < 1.29 is 20.1 Å². The molecule has 0 fully saturated rings. The molecule has 0 radical (unpaired) electrons. The van der Waals surface area contributed by atoms with Gasteiger partial charge in [0.1, 0.15) is 5.75 Å². The van der Waals surface area contributed by atoms with Crippen molar-refractivity contribution in [2.45, 2.75) is 12.5 Å². The maximum absolute atomic E-state index is 12.0. The maximum Gasteiger partial charge on any atom is 0.239 e. The average Bonchev–Trinajstić information content (AvgIpc) is 2.40. The van der Waals surface area contributed by atoms with Gasteiger partial charge in [-0.3, -0.25) is 4.79 Å². The highest BCUT2D eigenvalue weighted by molar-refractivity contribution is 5.82. The first-order valence-electron chi connectivity index (χ1n) is 6.12. The number of carbonyl (C=O) groups excluding carboxylic acids is 1. The first kappa shape index (κ1) is 15.4. The molecule has 1 atom stereocenters. The Hall–Kier alpha value is -1.63. The van der Waals surface area contributed by atoms with Crippen molar-refractivity contribution in [3.8, 4) is 5.75 Å². The molecule has 1 amide bonds. The summed E-state index contributed by atoms with van der Waals surface area (Å²) in [4.78, 5) is 13.4. The second-order valence-electron chi connectivity index (χ2n) is 4.25. The van der Waals surface area contributed by atoms with Crippen LogP contribution in [-0.4, -0.2) is 58.5 Å². The summed E-state index contributed by atoms with van der Waals surface area (Å²) in [5.74, 6) is -0.151. The Kier molecular flexibility index (Phi) is 6.27. The van der Waals surface area contributed by atoms with E-state index in [4.69, 9.17) is 21.1 Å². The molecule has 6 heteroatoms. The third kappa shape index (κ3) is 4.86. The van der Waals surface area contributed by atoms with E-state index in [-0.39, 0.29) is 38.0 Å². The van der Waals surface area contributed by atoms with Crippen molar-refractivity contribution >= 4 is 5.91 Å². The number of carbonyl (C=O) groups is 1. The second-order valence-corrected chi connectivity index (χ2v) is 4.25. The van der Waals surface area contributed by atoms with Gasteiger partial charge >= 0.3 is 0 Å². The lowest BCUT2D eigenvalue weighted by Gasteiger charge is -2.24. The number of hydrogen-bond acceptors (Lipinski definition) is 5. The molecule has 1 aromatic rings. The van der Waals surface area contributed by atoms with Gasteiger partial charge in [0.2, 0.25) is 5.91 Å². The number of nitrogens with two attached hydrogens (primary N) is 1. The fourth-order valence-electron chi connectivity index (χ4n) is 1.78. The largest absolute Gasteiger partial charge is 0.508 e. The summed E-state index contributed by atoms with van der Waals surface area (Å²) in [6.07, 6.45) is 0.340. The standard InChI is InChI=1S/C13H20N2O4/c14-12(9-10-1-3-11(18)4-2-10)13(19)15(5-7-16)6-8-17/h1-4,12,16-18H,5-9,14H2. The molecule has 0 bridgehead atoms. The van der Waals surface area contributed by atoms with Crippen molar-refractivity contribution in [1.82, 2.24) is 4.90 Å². The minimum absolute atomic E-state index is 0.155. The lowest BCUT2D eigenvalue weighted by Crippen LogP contribution is -2.47. The minimum Gasteiger partial charge on any atom is -0.508 e. The normalized spacial score (nSPS) is 12.2. The van der Waals surface area contributed by atoms with Crippen LogP contribution in [0.15, 0.2) is 24.3 Å². The average molecular weight is 268 g/mol. The number of hydrogen-bond donors (Lipinski definition) is 4. The number of rotatable bonds is 7. The van der Waals surface area contributed by atoms with Gasteiger partial charge in [0.25, 0.3) is 0 Å². The first-order valence-corrected chi connectivity index (χ1v) is 6.12. The monoisotopic (exact) mass is 268 g/mol. The third-order valence-electron chi connectivity index (χ3n) is 2.76. The number of aromatic hydroxyl groups is 1. The van der Waals surface area contributed by atoms with E-state index in [1.54, 1.807) is 12.1 Å². The lowest BCUT2D eigenvalue weighted by atomic mass is 10.1. The van der Waals surface area contributed by atoms with Crippen LogP contribution in [0.2, 0.25) is 0 Å². The number of aliphatic hydroxyl groups is 2. The predicted octanol–water partition coefficient (Wildman–Crippen LogP) is -0.925. The molecule has 0 spiro atoms. The summed E-state index contributed by atoms with van der Waals surface area (Å²) in [5, 5.41) is 26.9. The lowest BCUT2D eigenvalue weighted by molar-refractivity contribution is -0.133. The Bertz CT molecular complexity index is 388. The summed E-state index contributed by atoms with van der Waals surface area (Å²) in [6, 6.07) is 5.73. The van der Waals surface area contributed by atoms with Crippen molar-refractivity contribution in [2.24, 2.45) is 5.73 Å². The molecule has 0 aliphatic carbocycles. The Morgan fingerprint density at radius 3 is 2.16 bits per heavy atom. The van der Waals surface area contributed by atoms with Crippen LogP contribution in [0.5, 0.6) is 5.75 Å². The van der Waals surface area contributed by atoms with Crippen LogP contribution in [-0.2, 0) is 11.2 Å². The van der Waals surface area contributed by atoms with E-state index in [0.29, 0.717) is 6.42 Å². The van der Waals surface area contributed by atoms with Crippen LogP contribution in [0.4, 0.5) is 0 Å². The summed E-state index contributed by atoms with van der Waals surface area (Å²) >= 11 is 0. The Morgan fingerprint density at radius 1 is 1.16 bits per heavy atom. The summed E-state index contributed by atoms with van der Waals surface area (Å²) in [6.45, 7) is -0.0271. The summed E-state index contributed by atoms with van der Waals surface area (Å²) < 4.78 is 0. The second kappa shape index (κ2) is 7.73. The number of aliphatic hydroxyl groups excluding tert-OH is 2. The highest BCUT2D eigenvalue weighted by atomic mass is 16.3. The smallest absolute Gasteiger partial charge is 0.239 e. The molecule has 0 heterocycles. The van der Waals surface area contributed by atoms with Gasteiger partial charge in [-0.2, -0.15) is 0 Å².